The molecule has 10 rings (SSSR count). The summed E-state index contributed by atoms with van der Waals surface area (Å²) in [6.07, 6.45) is 23.2. The van der Waals surface area contributed by atoms with Gasteiger partial charge in [-0.3, -0.25) is 59.6 Å². The molecule has 6 fully saturated rings. The van der Waals surface area contributed by atoms with E-state index in [2.05, 4.69) is 61.1 Å². The van der Waals surface area contributed by atoms with Gasteiger partial charge in [0.05, 0.1) is 63.4 Å². The normalized spacial score (nSPS) is 15.4. The molecule has 0 aromatic carbocycles. The quantitative estimate of drug-likeness (QED) is 0.00560. The molecule has 0 aliphatic heterocycles. The fraction of sp³-hybridized carbons (Fsp3) is 0.606. The van der Waals surface area contributed by atoms with Crippen LogP contribution in [-0.4, -0.2) is 164 Å². The summed E-state index contributed by atoms with van der Waals surface area (Å²) in [5, 5.41) is 62.1. The van der Waals surface area contributed by atoms with E-state index in [1.54, 1.807) is 40.6 Å². The van der Waals surface area contributed by atoms with E-state index in [-0.39, 0.29) is 221 Å². The molecule has 6 aliphatic rings. The number of alkyl halides is 1. The SMILES string of the molecule is C.C.C.C.C.CC(=O)[S-].CCOC(=O)C1(Br)CCC1.CCOC(=O)C1(SC(C)=O)CCC1.CCOC(=O)C1CCC1.O=C(Cl)OCC1(SSc2ccc([N+](=O)[O-])cn2)CCC1.O=[N+]([O-])c1ccc(SSC2(CO)CCC2)nc1.O=[N+]([O-])c1ccc(SSc2ccc([N+](=O)[O-])cn2)nc1.OCC1(S)CCC1.[AlH3].[H-].[K+].[Li+]. The number of aromatic nitrogens is 4. The summed E-state index contributed by atoms with van der Waals surface area (Å²) in [4.78, 5) is 120. The van der Waals surface area contributed by atoms with Crippen molar-refractivity contribution in [3.8, 4) is 0 Å². The van der Waals surface area contributed by atoms with Crippen molar-refractivity contribution in [1.82, 2.24) is 19.9 Å². The zero-order valence-corrected chi connectivity index (χ0v) is 70.2. The molecular weight excluding hydrogens is 1700 g/mol. The molecule has 2 N–H and O–H groups in total. The standard InChI is InChI=1S/C11H11ClN2O4S2.C10H6N4O4S2.C10H12N2O3S2.C9H14O3S.C7H11BrO2.C7H12O2.C5H10OS.C2H4OS.5CH4.Al.K.Li.4H/c12-10(15)18-7-11(4-1-5-11)20-19-9-3-2-8(6-13-9)14(16)17;15-13(16)7-1-3-9(11-5-7)19-20-10-4-2-8(6-12-10)14(17)18;13-7-10(4-1-5-10)17-16-9-3-2-8(6-11-9)12(14)15;1-3-12-8(11)9(5-4-6-9)13-7(2)10;1-2-10-6(9)7(8)4-3-5-7;1-2-9-7(8)6-4-3-5-6;6-4-5(7)2-1-3-5;1-2(3)4;;;;;;;;;;;;/h2-3,6H,1,4-5,7H2;1-6H;2-3,6,13H,1,4-5,7H2;3-6H2,1-2H3;2-5H2,1H3;6H,2-5H2,1H3;6-7H,1-4H2;1H3,(H,3,4);5*1H4;;;;;;;/q;;;;;;;;;;;;;;2*+1;;;;-1/p-1. The van der Waals surface area contributed by atoms with E-state index in [1.165, 1.54) is 131 Å². The fourth-order valence-corrected chi connectivity index (χ4v) is 17.7. The van der Waals surface area contributed by atoms with Crippen molar-refractivity contribution < 1.29 is 149 Å². The number of nitro groups is 4. The molecule has 28 nitrogen and oxygen atoms in total. The minimum absolute atomic E-state index is 0. The van der Waals surface area contributed by atoms with Crippen LogP contribution >= 0.6 is 117 Å². The Morgan fingerprint density at radius 3 is 1.10 bits per heavy atom. The minimum Gasteiger partial charge on any atom is -1.00 e. The molecule has 0 unspecified atom stereocenters. The zero-order valence-electron chi connectivity index (χ0n) is 58.3. The van der Waals surface area contributed by atoms with Crippen LogP contribution in [0.3, 0.4) is 0 Å². The number of rotatable bonds is 24. The Balaban J connectivity index is -0.000000223. The van der Waals surface area contributed by atoms with Crippen molar-refractivity contribution in [2.45, 2.75) is 231 Å². The molecule has 600 valence electrons. The maximum Gasteiger partial charge on any atom is 1.00 e. The van der Waals surface area contributed by atoms with Gasteiger partial charge in [-0.1, -0.05) is 112 Å². The number of carbonyl (C=O) groups is 6. The van der Waals surface area contributed by atoms with E-state index in [9.17, 15) is 74.3 Å². The second-order valence-electron chi connectivity index (χ2n) is 22.5. The zero-order chi connectivity index (χ0) is 74.5. The second-order valence-corrected chi connectivity index (χ2v) is 34.8. The van der Waals surface area contributed by atoms with Gasteiger partial charge in [0, 0.05) is 57.4 Å². The van der Waals surface area contributed by atoms with Crippen LogP contribution in [0.1, 0.15) is 189 Å². The Morgan fingerprint density at radius 2 is 0.889 bits per heavy atom. The minimum atomic E-state index is -0.796. The molecular formula is C66H103AlBrClKLiN8O20S9. The molecule has 108 heavy (non-hydrogen) atoms. The molecule has 0 bridgehead atoms. The largest absolute Gasteiger partial charge is 1.00 e. The molecule has 42 heteroatoms. The van der Waals surface area contributed by atoms with Crippen molar-refractivity contribution in [2.75, 3.05) is 39.6 Å². The van der Waals surface area contributed by atoms with Gasteiger partial charge in [0.15, 0.2) is 22.5 Å². The molecule has 0 radical (unpaired) electrons. The van der Waals surface area contributed by atoms with Gasteiger partial charge >= 0.3 is 93.6 Å². The summed E-state index contributed by atoms with van der Waals surface area (Å²) in [6.45, 7) is 10.4. The third-order valence-corrected chi connectivity index (χ3v) is 26.7. The third kappa shape index (κ3) is 43.6. The van der Waals surface area contributed by atoms with Crippen LogP contribution in [0, 0.1) is 46.4 Å². The van der Waals surface area contributed by atoms with E-state index >= 15 is 0 Å². The molecule has 6 aliphatic carbocycles. The van der Waals surface area contributed by atoms with Crippen molar-refractivity contribution >= 4 is 203 Å². The average Bonchev–Trinajstić information content (AvgIpc) is 0.788. The molecule has 0 spiro atoms. The monoisotopic (exact) mass is 1800 g/mol. The van der Waals surface area contributed by atoms with E-state index in [0.29, 0.717) is 34.9 Å². The van der Waals surface area contributed by atoms with Gasteiger partial charge in [-0.15, -0.1) is 0 Å². The van der Waals surface area contributed by atoms with Gasteiger partial charge in [-0.25, -0.2) is 24.7 Å². The molecule has 0 atom stereocenters. The number of halogens is 2. The number of aliphatic hydroxyl groups excluding tert-OH is 2. The molecule has 4 aromatic rings. The van der Waals surface area contributed by atoms with Crippen LogP contribution in [0.25, 0.3) is 0 Å². The summed E-state index contributed by atoms with van der Waals surface area (Å²) >= 11 is 17.9. The number of pyridine rings is 4. The van der Waals surface area contributed by atoms with Crippen LogP contribution < -0.4 is 70.2 Å². The van der Waals surface area contributed by atoms with Gasteiger partial charge < -0.3 is 48.0 Å². The summed E-state index contributed by atoms with van der Waals surface area (Å²) in [5.74, 6) is -0.0728. The first-order valence-electron chi connectivity index (χ1n) is 31.2. The van der Waals surface area contributed by atoms with Crippen LogP contribution in [0.5, 0.6) is 0 Å². The average molecular weight is 1810 g/mol. The Kier molecular flexibility index (Phi) is 66.3. The number of hydrogen-bond acceptors (Lipinski definition) is 33. The Hall–Kier alpha value is -2.10. The smallest absolute Gasteiger partial charge is 1.00 e. The second kappa shape index (κ2) is 61.3. The van der Waals surface area contributed by atoms with Crippen molar-refractivity contribution in [3.05, 3.63) is 114 Å². The van der Waals surface area contributed by atoms with Crippen LogP contribution in [0.15, 0.2) is 93.4 Å². The van der Waals surface area contributed by atoms with Crippen LogP contribution in [-0.2, 0) is 55.5 Å². The van der Waals surface area contributed by atoms with E-state index in [0.717, 1.165) is 120 Å². The van der Waals surface area contributed by atoms with E-state index in [4.69, 9.17) is 35.7 Å². The van der Waals surface area contributed by atoms with Gasteiger partial charge in [-0.05, 0) is 185 Å². The first-order valence-corrected chi connectivity index (χ1v) is 40.5. The van der Waals surface area contributed by atoms with Crippen molar-refractivity contribution in [3.63, 3.8) is 0 Å². The predicted octanol–water partition coefficient (Wildman–Crippen LogP) is 11.8. The number of carbonyl (C=O) groups excluding carboxylic acids is 6. The van der Waals surface area contributed by atoms with Gasteiger partial charge in [0.1, 0.15) is 60.6 Å². The van der Waals surface area contributed by atoms with Crippen molar-refractivity contribution in [1.29, 1.82) is 0 Å². The van der Waals surface area contributed by atoms with Gasteiger partial charge in [0.25, 0.3) is 22.7 Å². The topological polar surface area (TPSA) is 404 Å². The number of hydrogen-bond donors (Lipinski definition) is 3. The van der Waals surface area contributed by atoms with E-state index in [1.807, 2.05) is 13.8 Å². The number of thiol groups is 1. The molecule has 6 saturated carbocycles. The number of esters is 3. The van der Waals surface area contributed by atoms with Gasteiger partial charge in [0.2, 0.25) is 0 Å². The summed E-state index contributed by atoms with van der Waals surface area (Å²) in [6, 6.07) is 11.9. The Bertz CT molecular complexity index is 3250. The fourth-order valence-electron chi connectivity index (χ4n) is 8.30. The number of thioether (sulfide) groups is 1. The number of ether oxygens (including phenoxy) is 4. The first-order chi connectivity index (χ1) is 47.4. The summed E-state index contributed by atoms with van der Waals surface area (Å²) in [5.41, 5.74) is -0.982. The number of aliphatic hydroxyl groups is 2. The molecule has 0 saturated heterocycles. The van der Waals surface area contributed by atoms with Crippen LogP contribution in [0.4, 0.5) is 27.5 Å². The molecule has 0 amide bonds. The van der Waals surface area contributed by atoms with Gasteiger partial charge in [-0.2, -0.15) is 12.6 Å². The van der Waals surface area contributed by atoms with E-state index < -0.39 is 29.9 Å². The third-order valence-electron chi connectivity index (χ3n) is 15.1. The summed E-state index contributed by atoms with van der Waals surface area (Å²) in [7, 11) is 8.59. The maximum absolute atomic E-state index is 11.5. The Labute approximate surface area is 753 Å². The summed E-state index contributed by atoms with van der Waals surface area (Å²) < 4.78 is 18.5. The first kappa shape index (κ1) is 117. The molecule has 4 heterocycles. The maximum atomic E-state index is 11.5. The van der Waals surface area contributed by atoms with Crippen molar-refractivity contribution in [2.24, 2.45) is 5.92 Å². The van der Waals surface area contributed by atoms with Crippen LogP contribution in [0.2, 0.25) is 0 Å². The Morgan fingerprint density at radius 1 is 0.556 bits per heavy atom. The number of nitrogens with zero attached hydrogens (tertiary/aromatic N) is 8. The molecule has 4 aromatic heterocycles. The predicted molar refractivity (Wildman–Crippen MR) is 443 cm³/mol.